The molecular formula is C28H49N3O2. The molecule has 0 aliphatic heterocycles. The highest BCUT2D eigenvalue weighted by atomic mass is 16.5. The average molecular weight is 460 g/mol. The first-order valence-electron chi connectivity index (χ1n) is 13.0. The van der Waals surface area contributed by atoms with Crippen LogP contribution < -0.4 is 10.6 Å². The van der Waals surface area contributed by atoms with E-state index in [0.29, 0.717) is 11.8 Å². The zero-order valence-electron chi connectivity index (χ0n) is 22.5. The van der Waals surface area contributed by atoms with Crippen molar-refractivity contribution in [1.82, 2.24) is 10.6 Å². The molecule has 0 aromatic rings. The highest BCUT2D eigenvalue weighted by Crippen LogP contribution is 2.26. The molecule has 5 heteroatoms. The molecule has 0 radical (unpaired) electrons. The molecule has 0 amide bonds. The van der Waals surface area contributed by atoms with Gasteiger partial charge in [-0.1, -0.05) is 47.1 Å². The van der Waals surface area contributed by atoms with E-state index < -0.39 is 0 Å². The first kappa shape index (κ1) is 29.2. The van der Waals surface area contributed by atoms with Crippen LogP contribution in [0.4, 0.5) is 0 Å². The molecule has 188 valence electrons. The molecule has 1 rings (SSSR count). The second-order valence-corrected chi connectivity index (χ2v) is 9.44. The number of carbonyl (C=O) groups excluding carboxylic acids is 1. The summed E-state index contributed by atoms with van der Waals surface area (Å²) < 4.78 is 6.35. The smallest absolute Gasteiger partial charge is 0.138 e. The number of rotatable bonds is 16. The largest absolute Gasteiger partial charge is 0.497 e. The Hall–Kier alpha value is -1.88. The molecule has 0 spiro atoms. The van der Waals surface area contributed by atoms with Crippen LogP contribution in [0.5, 0.6) is 0 Å². The van der Waals surface area contributed by atoms with Gasteiger partial charge in [0.15, 0.2) is 0 Å². The number of aliphatic imine (C=N–C) groups is 1. The van der Waals surface area contributed by atoms with Crippen molar-refractivity contribution in [2.24, 2.45) is 22.7 Å². The van der Waals surface area contributed by atoms with Crippen molar-refractivity contribution < 1.29 is 9.53 Å². The molecule has 1 aliphatic rings. The van der Waals surface area contributed by atoms with Gasteiger partial charge in [0.25, 0.3) is 0 Å². The lowest BCUT2D eigenvalue weighted by molar-refractivity contribution is -0.118. The molecule has 0 aromatic carbocycles. The summed E-state index contributed by atoms with van der Waals surface area (Å²) in [4.78, 5) is 16.9. The molecule has 2 N–H and O–H groups in total. The van der Waals surface area contributed by atoms with E-state index in [-0.39, 0.29) is 11.7 Å². The first-order chi connectivity index (χ1) is 15.8. The number of hydrogen-bond donors (Lipinski definition) is 2. The Morgan fingerprint density at radius 3 is 2.48 bits per heavy atom. The van der Waals surface area contributed by atoms with Crippen molar-refractivity contribution in [3.63, 3.8) is 0 Å². The fraction of sp³-hybridized carbons (Fsp3) is 0.714. The van der Waals surface area contributed by atoms with E-state index in [1.807, 2.05) is 13.8 Å². The fourth-order valence-corrected chi connectivity index (χ4v) is 4.06. The summed E-state index contributed by atoms with van der Waals surface area (Å²) in [6, 6.07) is 0. The van der Waals surface area contributed by atoms with Crippen LogP contribution in [-0.2, 0) is 9.53 Å². The van der Waals surface area contributed by atoms with Crippen molar-refractivity contribution in [2.75, 3.05) is 19.7 Å². The molecule has 0 fully saturated rings. The van der Waals surface area contributed by atoms with E-state index in [4.69, 9.17) is 9.73 Å². The van der Waals surface area contributed by atoms with Crippen LogP contribution in [0.15, 0.2) is 40.0 Å². The molecule has 0 aromatic heterocycles. The lowest BCUT2D eigenvalue weighted by Gasteiger charge is -2.25. The van der Waals surface area contributed by atoms with Crippen LogP contribution in [0.1, 0.15) is 93.9 Å². The number of nitrogens with one attached hydrogen (secondary N) is 2. The lowest BCUT2D eigenvalue weighted by atomic mass is 9.97. The summed E-state index contributed by atoms with van der Waals surface area (Å²) in [5, 5.41) is 7.08. The van der Waals surface area contributed by atoms with Crippen LogP contribution in [0, 0.1) is 17.8 Å². The Kier molecular flexibility index (Phi) is 14.0. The SMILES string of the molecule is CCCNC[C@@H](CCC)COC1=CC(N/C(N=C(C)C(CC)C(C)=O)=C(\C)CC)=CCC1C. The van der Waals surface area contributed by atoms with E-state index in [1.165, 1.54) is 18.4 Å². The predicted octanol–water partition coefficient (Wildman–Crippen LogP) is 6.53. The third kappa shape index (κ3) is 10.3. The standard InChI is InChI=1S/C28H49N3O2/c1-9-13-24(18-29-16-10-2)19-33-27-17-25(15-14-21(27)6)31-28(20(5)11-3)30-22(7)26(12-4)23(8)32/h15,17,21,24,26,29,31H,9-14,16,18-19H2,1-8H3/b28-20+,30-22?/t21?,24-,26?/m1/s1. The Morgan fingerprint density at radius 1 is 1.18 bits per heavy atom. The van der Waals surface area contributed by atoms with Crippen LogP contribution in [0.3, 0.4) is 0 Å². The number of Topliss-reactive ketones (excluding diaryl/α,β-unsaturated/α-hetero) is 1. The average Bonchev–Trinajstić information content (AvgIpc) is 2.78. The van der Waals surface area contributed by atoms with Crippen LogP contribution >= 0.6 is 0 Å². The highest BCUT2D eigenvalue weighted by molar-refractivity contribution is 6.03. The minimum Gasteiger partial charge on any atom is -0.497 e. The zero-order chi connectivity index (χ0) is 24.8. The minimum absolute atomic E-state index is 0.127. The van der Waals surface area contributed by atoms with Crippen molar-refractivity contribution in [2.45, 2.75) is 93.9 Å². The maximum Gasteiger partial charge on any atom is 0.138 e. The summed E-state index contributed by atoms with van der Waals surface area (Å²) in [6.45, 7) is 19.4. The van der Waals surface area contributed by atoms with E-state index >= 15 is 0 Å². The molecule has 0 bridgehead atoms. The quantitative estimate of drug-likeness (QED) is 0.203. The Morgan fingerprint density at radius 2 is 1.91 bits per heavy atom. The number of carbonyl (C=O) groups is 1. The normalized spacial score (nSPS) is 19.3. The Balaban J connectivity index is 2.97. The zero-order valence-corrected chi connectivity index (χ0v) is 22.5. The maximum absolute atomic E-state index is 12.0. The summed E-state index contributed by atoms with van der Waals surface area (Å²) in [5.41, 5.74) is 3.06. The summed E-state index contributed by atoms with van der Waals surface area (Å²) >= 11 is 0. The third-order valence-corrected chi connectivity index (χ3v) is 6.41. The molecule has 1 aliphatic carbocycles. The second-order valence-electron chi connectivity index (χ2n) is 9.44. The van der Waals surface area contributed by atoms with Gasteiger partial charge in [0, 0.05) is 29.8 Å². The van der Waals surface area contributed by atoms with Gasteiger partial charge >= 0.3 is 0 Å². The first-order valence-corrected chi connectivity index (χ1v) is 13.0. The maximum atomic E-state index is 12.0. The van der Waals surface area contributed by atoms with Crippen LogP contribution in [0.2, 0.25) is 0 Å². The molecule has 0 heterocycles. The van der Waals surface area contributed by atoms with Crippen LogP contribution in [-0.4, -0.2) is 31.2 Å². The molecular weight excluding hydrogens is 410 g/mol. The van der Waals surface area contributed by atoms with E-state index in [2.05, 4.69) is 57.4 Å². The monoisotopic (exact) mass is 459 g/mol. The van der Waals surface area contributed by atoms with Gasteiger partial charge in [0.1, 0.15) is 17.4 Å². The highest BCUT2D eigenvalue weighted by Gasteiger charge is 2.19. The van der Waals surface area contributed by atoms with Gasteiger partial charge in [0.05, 0.1) is 12.5 Å². The van der Waals surface area contributed by atoms with Gasteiger partial charge < -0.3 is 15.4 Å². The molecule has 33 heavy (non-hydrogen) atoms. The van der Waals surface area contributed by atoms with Crippen molar-refractivity contribution in [3.05, 3.63) is 35.0 Å². The number of hydrogen-bond acceptors (Lipinski definition) is 5. The lowest BCUT2D eigenvalue weighted by Crippen LogP contribution is -2.27. The van der Waals surface area contributed by atoms with Gasteiger partial charge in [-0.25, -0.2) is 4.99 Å². The van der Waals surface area contributed by atoms with Crippen LogP contribution in [0.25, 0.3) is 0 Å². The Labute approximate surface area is 203 Å². The molecule has 0 saturated carbocycles. The van der Waals surface area contributed by atoms with Gasteiger partial charge in [-0.3, -0.25) is 4.79 Å². The number of ether oxygens (including phenoxy) is 1. The number of nitrogens with zero attached hydrogens (tertiary/aromatic N) is 1. The van der Waals surface area contributed by atoms with Gasteiger partial charge in [-0.05, 0) is 71.1 Å². The van der Waals surface area contributed by atoms with Gasteiger partial charge in [-0.15, -0.1) is 0 Å². The van der Waals surface area contributed by atoms with Crippen molar-refractivity contribution in [3.8, 4) is 0 Å². The van der Waals surface area contributed by atoms with Crippen molar-refractivity contribution >= 4 is 11.5 Å². The third-order valence-electron chi connectivity index (χ3n) is 6.41. The molecule has 0 saturated heterocycles. The van der Waals surface area contributed by atoms with E-state index in [9.17, 15) is 4.79 Å². The summed E-state index contributed by atoms with van der Waals surface area (Å²) in [7, 11) is 0. The summed E-state index contributed by atoms with van der Waals surface area (Å²) in [5.74, 6) is 2.83. The second kappa shape index (κ2) is 15.9. The summed E-state index contributed by atoms with van der Waals surface area (Å²) in [6.07, 6.45) is 10.5. The topological polar surface area (TPSA) is 62.7 Å². The molecule has 2 unspecified atom stereocenters. The number of allylic oxidation sites excluding steroid dienone is 4. The predicted molar refractivity (Wildman–Crippen MR) is 141 cm³/mol. The van der Waals surface area contributed by atoms with Gasteiger partial charge in [0.2, 0.25) is 0 Å². The Bertz CT molecular complexity index is 733. The minimum atomic E-state index is -0.127. The number of ketones is 1. The van der Waals surface area contributed by atoms with Crippen molar-refractivity contribution in [1.29, 1.82) is 0 Å². The molecule has 3 atom stereocenters. The fourth-order valence-electron chi connectivity index (χ4n) is 4.06. The van der Waals surface area contributed by atoms with Gasteiger partial charge in [-0.2, -0.15) is 0 Å². The van der Waals surface area contributed by atoms with E-state index in [1.54, 1.807) is 6.92 Å². The van der Waals surface area contributed by atoms with E-state index in [0.717, 1.165) is 68.4 Å². The molecule has 5 nitrogen and oxygen atoms in total.